The van der Waals surface area contributed by atoms with Gasteiger partial charge in [-0.2, -0.15) is 0 Å². The van der Waals surface area contributed by atoms with Crippen LogP contribution in [0.1, 0.15) is 108 Å². The summed E-state index contributed by atoms with van der Waals surface area (Å²) in [4.78, 5) is 101. The number of amides is 6. The number of benzene rings is 2. The number of carbonyl (C=O) groups is 6. The normalized spacial score (nSPS) is 10.9. The minimum Gasteiger partial charge on any atom is -0.504 e. The van der Waals surface area contributed by atoms with Crippen molar-refractivity contribution in [1.29, 1.82) is 0 Å². The molecule has 0 aliphatic carbocycles. The van der Waals surface area contributed by atoms with E-state index >= 15 is 0 Å². The SMILES string of the molecule is CCN(Cc1cccs1)C(=O)/C=C/c1ccc(C)s1.CCN(Cc1cccs1)C(=O)/C=C/c1ccc(OC)c(O)c1.CCN(Cc1cccs1)C(=O)/C=C/c1ccc(OC)cc1.CCN(Cc1cccs1)C(=O)/C=C/c1cccnc1.CCN(Cc1cccs1)C(=O)/C=C/c1ccncc1.CCN(Cc1cccs1)C(=O)/C=C/c1ccoc1. The van der Waals surface area contributed by atoms with Gasteiger partial charge in [0.05, 0.1) is 66.0 Å². The van der Waals surface area contributed by atoms with Gasteiger partial charge in [-0.05, 0) is 237 Å². The maximum atomic E-state index is 12.2. The number of hydrogen-bond acceptors (Lipinski definition) is 19. The molecule has 25 heteroatoms. The van der Waals surface area contributed by atoms with E-state index in [4.69, 9.17) is 13.9 Å². The molecule has 0 aliphatic rings. The van der Waals surface area contributed by atoms with Gasteiger partial charge in [0.15, 0.2) is 11.5 Å². The Hall–Kier alpha value is -11.4. The zero-order chi connectivity index (χ0) is 84.5. The van der Waals surface area contributed by atoms with Crippen molar-refractivity contribution in [3.8, 4) is 17.2 Å². The summed E-state index contributed by atoms with van der Waals surface area (Å²) in [6.45, 7) is 22.2. The van der Waals surface area contributed by atoms with E-state index in [0.717, 1.165) is 49.9 Å². The lowest BCUT2D eigenvalue weighted by atomic mass is 10.2. The first-order chi connectivity index (χ1) is 57.4. The van der Waals surface area contributed by atoms with Crippen LogP contribution in [-0.2, 0) is 68.0 Å². The van der Waals surface area contributed by atoms with E-state index in [2.05, 4.69) is 29.0 Å². The maximum absolute atomic E-state index is 12.2. The van der Waals surface area contributed by atoms with Crippen LogP contribution in [0.2, 0.25) is 0 Å². The summed E-state index contributed by atoms with van der Waals surface area (Å²) in [6.07, 6.45) is 30.5. The highest BCUT2D eigenvalue weighted by molar-refractivity contribution is 7.13. The molecule has 1 N–H and O–H groups in total. The zero-order valence-corrected chi connectivity index (χ0v) is 73.6. The number of hydrogen-bond donors (Lipinski definition) is 1. The number of aryl methyl sites for hydroxylation is 1. The number of phenolic OH excluding ortho intramolecular Hbond substituents is 1. The van der Waals surface area contributed by atoms with Crippen LogP contribution < -0.4 is 9.47 Å². The molecule has 0 saturated heterocycles. The number of pyridine rings is 2. The first-order valence-corrected chi connectivity index (χ1v) is 44.4. The van der Waals surface area contributed by atoms with Crippen molar-refractivity contribution in [1.82, 2.24) is 39.4 Å². The molecule has 10 heterocycles. The zero-order valence-electron chi connectivity index (χ0n) is 67.9. The smallest absolute Gasteiger partial charge is 0.246 e. The lowest BCUT2D eigenvalue weighted by molar-refractivity contribution is -0.127. The summed E-state index contributed by atoms with van der Waals surface area (Å²) >= 11 is 11.7. The van der Waals surface area contributed by atoms with E-state index in [0.29, 0.717) is 77.7 Å². The van der Waals surface area contributed by atoms with Gasteiger partial charge in [0, 0.05) is 145 Å². The fraction of sp³-hybridized carbons (Fsp3) is 0.226. The maximum Gasteiger partial charge on any atom is 0.246 e. The van der Waals surface area contributed by atoms with Crippen molar-refractivity contribution in [3.05, 3.63) is 331 Å². The molecule has 616 valence electrons. The second-order valence-corrected chi connectivity index (χ2v) is 32.9. The summed E-state index contributed by atoms with van der Waals surface area (Å²) < 4.78 is 15.0. The molecule has 18 nitrogen and oxygen atoms in total. The van der Waals surface area contributed by atoms with Gasteiger partial charge in [-0.1, -0.05) is 60.7 Å². The number of likely N-dealkylation sites (N-methyl/N-ethyl adjacent to an activating group) is 6. The van der Waals surface area contributed by atoms with Crippen molar-refractivity contribution in [2.75, 3.05) is 53.5 Å². The molecule has 12 aromatic rings. The van der Waals surface area contributed by atoms with Gasteiger partial charge in [0.25, 0.3) is 0 Å². The quantitative estimate of drug-likeness (QED) is 0.0392. The molecule has 10 aromatic heterocycles. The second-order valence-electron chi connectivity index (χ2n) is 25.4. The Kier molecular flexibility index (Phi) is 42.7. The molecular formula is C93H102N8O10S7. The van der Waals surface area contributed by atoms with Crippen molar-refractivity contribution in [2.24, 2.45) is 0 Å². The number of furan rings is 1. The minimum atomic E-state index is -0.0498. The number of nitrogens with zero attached hydrogens (tertiary/aromatic N) is 8. The van der Waals surface area contributed by atoms with E-state index in [1.807, 2.05) is 244 Å². The summed E-state index contributed by atoms with van der Waals surface area (Å²) in [7, 11) is 3.13. The Morgan fingerprint density at radius 1 is 0.373 bits per heavy atom. The lowest BCUT2D eigenvalue weighted by Crippen LogP contribution is -2.28. The number of ether oxygens (including phenoxy) is 2. The van der Waals surface area contributed by atoms with Crippen molar-refractivity contribution in [2.45, 2.75) is 87.7 Å². The van der Waals surface area contributed by atoms with E-state index in [1.54, 1.807) is 195 Å². The summed E-state index contributed by atoms with van der Waals surface area (Å²) in [5, 5.41) is 21.9. The van der Waals surface area contributed by atoms with Crippen LogP contribution in [0.4, 0.5) is 0 Å². The Bertz CT molecular complexity index is 4880. The number of carbonyl (C=O) groups excluding carboxylic acids is 6. The molecule has 0 atom stereocenters. The van der Waals surface area contributed by atoms with Gasteiger partial charge in [0.1, 0.15) is 5.75 Å². The fourth-order valence-corrected chi connectivity index (χ4v) is 15.7. The molecule has 0 saturated carbocycles. The third kappa shape index (κ3) is 34.8. The van der Waals surface area contributed by atoms with Crippen LogP contribution in [0.15, 0.2) is 268 Å². The predicted molar refractivity (Wildman–Crippen MR) is 491 cm³/mol. The van der Waals surface area contributed by atoms with Gasteiger partial charge < -0.3 is 48.4 Å². The Morgan fingerprint density at radius 2 is 0.729 bits per heavy atom. The third-order valence-electron chi connectivity index (χ3n) is 17.2. The number of phenols is 1. The number of methoxy groups -OCH3 is 2. The van der Waals surface area contributed by atoms with Gasteiger partial charge in [-0.25, -0.2) is 0 Å². The fourth-order valence-electron chi connectivity index (χ4n) is 10.6. The van der Waals surface area contributed by atoms with E-state index in [9.17, 15) is 33.9 Å². The minimum absolute atomic E-state index is 0.0205. The molecule has 0 fully saturated rings. The Labute approximate surface area is 721 Å². The van der Waals surface area contributed by atoms with Crippen LogP contribution in [0.3, 0.4) is 0 Å². The molecular weight excluding hydrogens is 1610 g/mol. The molecule has 118 heavy (non-hydrogen) atoms. The summed E-state index contributed by atoms with van der Waals surface area (Å²) in [5.74, 6) is 1.42. The highest BCUT2D eigenvalue weighted by atomic mass is 32.1. The van der Waals surface area contributed by atoms with Crippen LogP contribution >= 0.6 is 79.4 Å². The molecule has 2 aromatic carbocycles. The molecule has 0 radical (unpaired) electrons. The molecule has 12 rings (SSSR count). The van der Waals surface area contributed by atoms with E-state index in [-0.39, 0.29) is 41.2 Å². The molecule has 0 unspecified atom stereocenters. The van der Waals surface area contributed by atoms with Crippen molar-refractivity contribution >= 4 is 151 Å². The topological polar surface area (TPSA) is 199 Å². The molecule has 0 spiro atoms. The first-order valence-electron chi connectivity index (χ1n) is 38.3. The standard InChI is InChI=1S/C17H19NO3S.C17H19NO2S.2C15H16N2OS.C15H17NOS2.C14H15NO2S/c1-3-18(12-14-5-4-10-22-14)17(20)9-7-13-6-8-16(21-2)15(19)11-13;1-3-18(13-16-5-4-12-21-16)17(19)11-8-14-6-9-15(20-2)10-7-14;1-2-17(12-14-6-4-10-19-14)15(18)8-7-13-5-3-9-16-11-13;1-2-17(12-14-4-3-11-19-14)15(18)6-5-13-7-9-16-10-8-13;1-3-16(11-14-5-4-10-18-14)15(17)9-8-13-7-6-12(2)19-13;1-2-15(10-13-4-3-9-18-13)14(16)6-5-12-7-8-17-11-12/h4-11,19H,3,12H2,1-2H3;4-12H,3,13H2,1-2H3;2*3-11H,2,12H2,1H3;4-10H,3,11H2,1-2H3;3-9,11H,2,10H2,1H3/b9-7+;11-8+;8-7+;6-5+;9-8+;6-5+. The van der Waals surface area contributed by atoms with E-state index in [1.165, 1.54) is 42.4 Å². The van der Waals surface area contributed by atoms with Crippen molar-refractivity contribution < 1.29 is 47.8 Å². The van der Waals surface area contributed by atoms with Crippen LogP contribution in [0.25, 0.3) is 36.5 Å². The largest absolute Gasteiger partial charge is 0.504 e. The molecule has 0 bridgehead atoms. The van der Waals surface area contributed by atoms with Gasteiger partial charge >= 0.3 is 0 Å². The second kappa shape index (κ2) is 53.7. The molecule has 0 aliphatic heterocycles. The summed E-state index contributed by atoms with van der Waals surface area (Å²) in [6, 6.07) is 50.4. The van der Waals surface area contributed by atoms with Crippen LogP contribution in [-0.4, -0.2) is 133 Å². The summed E-state index contributed by atoms with van der Waals surface area (Å²) in [5.41, 5.74) is 4.55. The van der Waals surface area contributed by atoms with Gasteiger partial charge in [0.2, 0.25) is 35.4 Å². The molecule has 6 amide bonds. The highest BCUT2D eigenvalue weighted by Crippen LogP contribution is 2.28. The van der Waals surface area contributed by atoms with Gasteiger partial charge in [-0.3, -0.25) is 38.7 Å². The Morgan fingerprint density at radius 3 is 1.03 bits per heavy atom. The average molecular weight is 1720 g/mol. The van der Waals surface area contributed by atoms with Crippen LogP contribution in [0.5, 0.6) is 17.2 Å². The Balaban J connectivity index is 0.000000196. The third-order valence-corrected chi connectivity index (χ3v) is 23.3. The number of aromatic hydroxyl groups is 1. The first kappa shape index (κ1) is 93.7. The predicted octanol–water partition coefficient (Wildman–Crippen LogP) is 21.3. The van der Waals surface area contributed by atoms with Crippen molar-refractivity contribution in [3.63, 3.8) is 0 Å². The highest BCUT2D eigenvalue weighted by Gasteiger charge is 2.16. The monoisotopic (exact) mass is 1710 g/mol. The van der Waals surface area contributed by atoms with E-state index < -0.39 is 0 Å². The average Bonchev–Trinajstić information content (AvgIpc) is 1.26. The number of aromatic nitrogens is 2. The number of thiophene rings is 7. The van der Waals surface area contributed by atoms with Gasteiger partial charge in [-0.15, -0.1) is 79.4 Å². The van der Waals surface area contributed by atoms with Crippen LogP contribution in [0, 0.1) is 6.92 Å². The number of rotatable bonds is 32. The lowest BCUT2D eigenvalue weighted by Gasteiger charge is -2.18.